The largest absolute Gasteiger partial charge is 0.335 e. The summed E-state index contributed by atoms with van der Waals surface area (Å²) < 4.78 is 18.2. The predicted molar refractivity (Wildman–Crippen MR) is 60.0 cm³/mol. The Morgan fingerprint density at radius 2 is 2.12 bits per heavy atom. The third-order valence-electron chi connectivity index (χ3n) is 2.32. The highest BCUT2D eigenvalue weighted by atomic mass is 35.5. The fourth-order valence-electron chi connectivity index (χ4n) is 1.58. The molecule has 2 aromatic heterocycles. The van der Waals surface area contributed by atoms with E-state index >= 15 is 0 Å². The summed E-state index contributed by atoms with van der Waals surface area (Å²) in [5, 5.41) is 4.56. The maximum absolute atomic E-state index is 13.1. The second-order valence-electron chi connectivity index (χ2n) is 3.39. The van der Waals surface area contributed by atoms with E-state index in [1.165, 1.54) is 18.5 Å². The first-order chi connectivity index (χ1) is 8.25. The van der Waals surface area contributed by atoms with Crippen LogP contribution >= 0.6 is 11.6 Å². The van der Waals surface area contributed by atoms with Crippen molar-refractivity contribution in [2.75, 3.05) is 0 Å². The van der Waals surface area contributed by atoms with Crippen molar-refractivity contribution >= 4 is 22.7 Å². The second-order valence-corrected chi connectivity index (χ2v) is 3.74. The number of benzene rings is 1. The summed E-state index contributed by atoms with van der Waals surface area (Å²) in [5.41, 5.74) is 1.29. The Bertz CT molecular complexity index is 698. The van der Waals surface area contributed by atoms with Crippen molar-refractivity contribution in [2.24, 2.45) is 0 Å². The van der Waals surface area contributed by atoms with Gasteiger partial charge in [-0.25, -0.2) is 9.37 Å². The van der Waals surface area contributed by atoms with Crippen LogP contribution in [-0.2, 0) is 0 Å². The molecule has 1 aromatic carbocycles. The molecule has 4 nitrogen and oxygen atoms in total. The van der Waals surface area contributed by atoms with Gasteiger partial charge in [0.15, 0.2) is 0 Å². The molecule has 0 amide bonds. The highest BCUT2D eigenvalue weighted by Crippen LogP contribution is 2.30. The molecule has 0 fully saturated rings. The van der Waals surface area contributed by atoms with Gasteiger partial charge in [0.1, 0.15) is 28.4 Å². The van der Waals surface area contributed by atoms with Gasteiger partial charge in [0, 0.05) is 5.56 Å². The van der Waals surface area contributed by atoms with Crippen molar-refractivity contribution in [1.82, 2.24) is 15.1 Å². The van der Waals surface area contributed by atoms with Crippen LogP contribution in [0.15, 0.2) is 35.1 Å². The lowest BCUT2D eigenvalue weighted by molar-refractivity contribution is 0.451. The van der Waals surface area contributed by atoms with Crippen LogP contribution in [0.1, 0.15) is 0 Å². The first-order valence-electron chi connectivity index (χ1n) is 4.77. The molecule has 0 aliphatic heterocycles. The molecule has 2 heterocycles. The summed E-state index contributed by atoms with van der Waals surface area (Å²) in [7, 11) is 0. The van der Waals surface area contributed by atoms with Crippen molar-refractivity contribution in [3.05, 3.63) is 41.6 Å². The SMILES string of the molecule is Fc1cccc(-c2noc3ncnc(Cl)c23)c1. The highest BCUT2D eigenvalue weighted by molar-refractivity contribution is 6.34. The molecule has 0 bridgehead atoms. The molecule has 17 heavy (non-hydrogen) atoms. The molecule has 0 spiro atoms. The summed E-state index contributed by atoms with van der Waals surface area (Å²) in [6.45, 7) is 0. The first-order valence-corrected chi connectivity index (χ1v) is 5.15. The van der Waals surface area contributed by atoms with Crippen molar-refractivity contribution in [3.8, 4) is 11.3 Å². The van der Waals surface area contributed by atoms with Crippen LogP contribution in [0.4, 0.5) is 4.39 Å². The van der Waals surface area contributed by atoms with Gasteiger partial charge in [-0.1, -0.05) is 28.9 Å². The summed E-state index contributed by atoms with van der Waals surface area (Å²) in [6.07, 6.45) is 1.28. The van der Waals surface area contributed by atoms with Crippen molar-refractivity contribution in [1.29, 1.82) is 0 Å². The van der Waals surface area contributed by atoms with E-state index in [0.29, 0.717) is 16.6 Å². The van der Waals surface area contributed by atoms with E-state index in [1.807, 2.05) is 0 Å². The van der Waals surface area contributed by atoms with Gasteiger partial charge >= 0.3 is 0 Å². The number of halogens is 2. The molecular formula is C11H5ClFN3O. The Hall–Kier alpha value is -2.01. The minimum atomic E-state index is -0.355. The molecule has 84 valence electrons. The van der Waals surface area contributed by atoms with Gasteiger partial charge in [-0.3, -0.25) is 0 Å². The minimum absolute atomic E-state index is 0.232. The molecule has 0 radical (unpaired) electrons. The average Bonchev–Trinajstić information content (AvgIpc) is 2.74. The van der Waals surface area contributed by atoms with Crippen LogP contribution < -0.4 is 0 Å². The van der Waals surface area contributed by atoms with E-state index in [-0.39, 0.29) is 16.7 Å². The average molecular weight is 250 g/mol. The van der Waals surface area contributed by atoms with E-state index in [1.54, 1.807) is 12.1 Å². The monoisotopic (exact) mass is 249 g/mol. The number of hydrogen-bond acceptors (Lipinski definition) is 4. The Morgan fingerprint density at radius 1 is 1.24 bits per heavy atom. The quantitative estimate of drug-likeness (QED) is 0.622. The third kappa shape index (κ3) is 1.64. The normalized spacial score (nSPS) is 10.9. The molecule has 3 rings (SSSR count). The zero-order chi connectivity index (χ0) is 11.8. The van der Waals surface area contributed by atoms with Crippen LogP contribution in [-0.4, -0.2) is 15.1 Å². The maximum atomic E-state index is 13.1. The zero-order valence-electron chi connectivity index (χ0n) is 8.39. The van der Waals surface area contributed by atoms with E-state index in [2.05, 4.69) is 15.1 Å². The highest BCUT2D eigenvalue weighted by Gasteiger charge is 2.15. The molecule has 0 N–H and O–H groups in total. The lowest BCUT2D eigenvalue weighted by atomic mass is 10.1. The minimum Gasteiger partial charge on any atom is -0.335 e. The van der Waals surface area contributed by atoms with Crippen LogP contribution in [0.2, 0.25) is 5.15 Å². The Labute approximate surface area is 100 Å². The molecule has 6 heteroatoms. The second kappa shape index (κ2) is 3.78. The van der Waals surface area contributed by atoms with Crippen LogP contribution in [0.3, 0.4) is 0 Å². The van der Waals surface area contributed by atoms with Gasteiger partial charge < -0.3 is 4.52 Å². The van der Waals surface area contributed by atoms with Crippen LogP contribution in [0.5, 0.6) is 0 Å². The summed E-state index contributed by atoms with van der Waals surface area (Å²) in [6, 6.07) is 6.00. The standard InChI is InChI=1S/C11H5ClFN3O/c12-10-8-9(6-2-1-3-7(13)4-6)16-17-11(8)15-5-14-10/h1-5H. The van der Waals surface area contributed by atoms with E-state index in [4.69, 9.17) is 16.1 Å². The number of hydrogen-bond donors (Lipinski definition) is 0. The summed E-state index contributed by atoms with van der Waals surface area (Å²) in [5.74, 6) is -0.355. The van der Waals surface area contributed by atoms with Gasteiger partial charge in [0.05, 0.1) is 0 Å². The molecule has 0 unspecified atom stereocenters. The van der Waals surface area contributed by atoms with Crippen LogP contribution in [0, 0.1) is 5.82 Å². The molecule has 0 atom stereocenters. The first kappa shape index (κ1) is 10.2. The maximum Gasteiger partial charge on any atom is 0.262 e. The van der Waals surface area contributed by atoms with Crippen molar-refractivity contribution in [3.63, 3.8) is 0 Å². The van der Waals surface area contributed by atoms with Gasteiger partial charge in [-0.05, 0) is 12.1 Å². The number of nitrogens with zero attached hydrogens (tertiary/aromatic N) is 3. The number of aromatic nitrogens is 3. The van der Waals surface area contributed by atoms with Crippen LogP contribution in [0.25, 0.3) is 22.4 Å². The summed E-state index contributed by atoms with van der Waals surface area (Å²) >= 11 is 5.95. The molecule has 0 saturated carbocycles. The lowest BCUT2D eigenvalue weighted by Crippen LogP contribution is -1.83. The molecule has 0 saturated heterocycles. The summed E-state index contributed by atoms with van der Waals surface area (Å²) in [4.78, 5) is 7.74. The van der Waals surface area contributed by atoms with E-state index < -0.39 is 0 Å². The Morgan fingerprint density at radius 3 is 2.94 bits per heavy atom. The van der Waals surface area contributed by atoms with Crippen molar-refractivity contribution in [2.45, 2.75) is 0 Å². The fourth-order valence-corrected chi connectivity index (χ4v) is 1.80. The number of fused-ring (bicyclic) bond motifs is 1. The Balaban J connectivity index is 2.31. The predicted octanol–water partition coefficient (Wildman–Crippen LogP) is 3.08. The number of rotatable bonds is 1. The lowest BCUT2D eigenvalue weighted by Gasteiger charge is -1.97. The zero-order valence-corrected chi connectivity index (χ0v) is 9.15. The van der Waals surface area contributed by atoms with E-state index in [0.717, 1.165) is 0 Å². The topological polar surface area (TPSA) is 51.8 Å². The van der Waals surface area contributed by atoms with Gasteiger partial charge in [-0.2, -0.15) is 4.98 Å². The molecule has 0 aliphatic carbocycles. The fraction of sp³-hybridized carbons (Fsp3) is 0. The van der Waals surface area contributed by atoms with Gasteiger partial charge in [0.25, 0.3) is 5.71 Å². The smallest absolute Gasteiger partial charge is 0.262 e. The van der Waals surface area contributed by atoms with E-state index in [9.17, 15) is 4.39 Å². The van der Waals surface area contributed by atoms with Gasteiger partial charge in [0.2, 0.25) is 0 Å². The van der Waals surface area contributed by atoms with Crippen molar-refractivity contribution < 1.29 is 8.91 Å². The third-order valence-corrected chi connectivity index (χ3v) is 2.61. The molecular weight excluding hydrogens is 245 g/mol. The Kier molecular flexibility index (Phi) is 2.26. The van der Waals surface area contributed by atoms with Gasteiger partial charge in [-0.15, -0.1) is 0 Å². The molecule has 0 aliphatic rings. The molecule has 3 aromatic rings.